The lowest BCUT2D eigenvalue weighted by Gasteiger charge is -2.11. The largest absolute Gasteiger partial charge is 0.396 e. The van der Waals surface area contributed by atoms with Gasteiger partial charge in [-0.1, -0.05) is 0 Å². The molecule has 0 saturated carbocycles. The molecule has 1 heterocycles. The summed E-state index contributed by atoms with van der Waals surface area (Å²) < 4.78 is 1.44. The summed E-state index contributed by atoms with van der Waals surface area (Å²) >= 11 is 0. The zero-order valence-electron chi connectivity index (χ0n) is 7.90. The molecule has 0 aliphatic rings. The molecule has 1 aromatic rings. The highest BCUT2D eigenvalue weighted by Crippen LogP contribution is 2.08. The summed E-state index contributed by atoms with van der Waals surface area (Å²) in [7, 11) is 5.12. The number of nitrogens with one attached hydrogen (secondary N) is 1. The number of rotatable bonds is 2. The molecule has 72 valence electrons. The minimum Gasteiger partial charge on any atom is -0.396 e. The smallest absolute Gasteiger partial charge is 0.285 e. The van der Waals surface area contributed by atoms with Crippen LogP contribution in [0.3, 0.4) is 0 Å². The normalized spacial score (nSPS) is 10.5. The molecule has 1 amide bonds. The summed E-state index contributed by atoms with van der Waals surface area (Å²) in [5.41, 5.74) is 8.88. The van der Waals surface area contributed by atoms with Gasteiger partial charge >= 0.3 is 0 Å². The number of aryl methyl sites for hydroxylation is 1. The van der Waals surface area contributed by atoms with Crippen molar-refractivity contribution in [2.75, 3.05) is 19.8 Å². The molecule has 13 heavy (non-hydrogen) atoms. The van der Waals surface area contributed by atoms with E-state index in [1.807, 2.05) is 0 Å². The standard InChI is InChI=1S/C7H13N5O/c1-11(2)10-7(13)6-5(8)4-9-12(6)3/h4H,8H2,1-3H3,(H,10,13). The fourth-order valence-electron chi connectivity index (χ4n) is 0.989. The maximum atomic E-state index is 11.5. The second kappa shape index (κ2) is 3.44. The Labute approximate surface area is 76.3 Å². The van der Waals surface area contributed by atoms with Gasteiger partial charge in [-0.05, 0) is 0 Å². The van der Waals surface area contributed by atoms with Gasteiger partial charge in [0, 0.05) is 21.1 Å². The Morgan fingerprint density at radius 3 is 2.69 bits per heavy atom. The zero-order chi connectivity index (χ0) is 10.0. The number of nitrogen functional groups attached to an aromatic ring is 1. The maximum Gasteiger partial charge on any atom is 0.285 e. The lowest BCUT2D eigenvalue weighted by molar-refractivity contribution is 0.0848. The molecule has 0 saturated heterocycles. The Bertz CT molecular complexity index is 297. The highest BCUT2D eigenvalue weighted by molar-refractivity contribution is 5.96. The van der Waals surface area contributed by atoms with Crippen LogP contribution in [0, 0.1) is 0 Å². The van der Waals surface area contributed by atoms with Crippen LogP contribution >= 0.6 is 0 Å². The average Bonchev–Trinajstić information content (AvgIpc) is 2.29. The van der Waals surface area contributed by atoms with Crippen molar-refractivity contribution in [3.05, 3.63) is 11.9 Å². The van der Waals surface area contributed by atoms with Gasteiger partial charge in [-0.25, -0.2) is 5.01 Å². The van der Waals surface area contributed by atoms with Gasteiger partial charge in [0.2, 0.25) is 0 Å². The van der Waals surface area contributed by atoms with Crippen molar-refractivity contribution in [3.63, 3.8) is 0 Å². The fourth-order valence-corrected chi connectivity index (χ4v) is 0.989. The predicted molar refractivity (Wildman–Crippen MR) is 48.8 cm³/mol. The second-order valence-electron chi connectivity index (χ2n) is 2.91. The third-order valence-corrected chi connectivity index (χ3v) is 1.51. The molecule has 0 aliphatic carbocycles. The van der Waals surface area contributed by atoms with Gasteiger partial charge in [-0.15, -0.1) is 0 Å². The lowest BCUT2D eigenvalue weighted by Crippen LogP contribution is -2.37. The first-order valence-electron chi connectivity index (χ1n) is 3.78. The third-order valence-electron chi connectivity index (χ3n) is 1.51. The van der Waals surface area contributed by atoms with Gasteiger partial charge < -0.3 is 5.73 Å². The third kappa shape index (κ3) is 1.97. The van der Waals surface area contributed by atoms with Crippen LogP contribution in [0.15, 0.2) is 6.20 Å². The molecule has 6 nitrogen and oxygen atoms in total. The van der Waals surface area contributed by atoms with Crippen molar-refractivity contribution < 1.29 is 4.79 Å². The molecule has 0 bridgehead atoms. The molecule has 0 fully saturated rings. The Kier molecular flexibility index (Phi) is 2.52. The van der Waals surface area contributed by atoms with Crippen LogP contribution in [0.4, 0.5) is 5.69 Å². The summed E-state index contributed by atoms with van der Waals surface area (Å²) in [6.45, 7) is 0. The topological polar surface area (TPSA) is 76.2 Å². The van der Waals surface area contributed by atoms with Crippen molar-refractivity contribution in [3.8, 4) is 0 Å². The van der Waals surface area contributed by atoms with Crippen molar-refractivity contribution in [2.24, 2.45) is 7.05 Å². The second-order valence-corrected chi connectivity index (χ2v) is 2.91. The number of aromatic nitrogens is 2. The predicted octanol–water partition coefficient (Wildman–Crippen LogP) is -0.791. The summed E-state index contributed by atoms with van der Waals surface area (Å²) in [6.07, 6.45) is 1.45. The molecule has 0 aromatic carbocycles. The minimum atomic E-state index is -0.262. The van der Waals surface area contributed by atoms with Gasteiger partial charge in [0.15, 0.2) is 0 Å². The first-order valence-corrected chi connectivity index (χ1v) is 3.78. The van der Waals surface area contributed by atoms with E-state index in [0.29, 0.717) is 11.4 Å². The molecule has 0 unspecified atom stereocenters. The van der Waals surface area contributed by atoms with Crippen molar-refractivity contribution in [1.82, 2.24) is 20.2 Å². The van der Waals surface area contributed by atoms with E-state index < -0.39 is 0 Å². The monoisotopic (exact) mass is 183 g/mol. The van der Waals surface area contributed by atoms with Gasteiger partial charge in [0.05, 0.1) is 11.9 Å². The highest BCUT2D eigenvalue weighted by Gasteiger charge is 2.14. The molecular formula is C7H13N5O. The van der Waals surface area contributed by atoms with E-state index in [9.17, 15) is 4.79 Å². The Hall–Kier alpha value is -1.56. The molecule has 1 aromatic heterocycles. The zero-order valence-corrected chi connectivity index (χ0v) is 7.90. The number of nitrogens with zero attached hydrogens (tertiary/aromatic N) is 3. The molecule has 3 N–H and O–H groups in total. The van der Waals surface area contributed by atoms with Crippen LogP contribution < -0.4 is 11.2 Å². The Balaban J connectivity index is 2.88. The van der Waals surface area contributed by atoms with E-state index in [4.69, 9.17) is 5.73 Å². The molecule has 0 atom stereocenters. The average molecular weight is 183 g/mol. The first kappa shape index (κ1) is 9.53. The van der Waals surface area contributed by atoms with Gasteiger partial charge in [-0.2, -0.15) is 5.10 Å². The molecule has 0 radical (unpaired) electrons. The van der Waals surface area contributed by atoms with Crippen LogP contribution in [0.25, 0.3) is 0 Å². The van der Waals surface area contributed by atoms with E-state index in [0.717, 1.165) is 0 Å². The van der Waals surface area contributed by atoms with Crippen molar-refractivity contribution in [1.29, 1.82) is 0 Å². The van der Waals surface area contributed by atoms with Gasteiger partial charge in [-0.3, -0.25) is 14.9 Å². The van der Waals surface area contributed by atoms with Crippen LogP contribution in [0.2, 0.25) is 0 Å². The lowest BCUT2D eigenvalue weighted by atomic mass is 10.3. The van der Waals surface area contributed by atoms with Crippen LogP contribution in [-0.2, 0) is 7.05 Å². The first-order chi connectivity index (χ1) is 6.02. The van der Waals surface area contributed by atoms with Gasteiger partial charge in [0.1, 0.15) is 5.69 Å². The Morgan fingerprint density at radius 1 is 1.69 bits per heavy atom. The number of hydrogen-bond acceptors (Lipinski definition) is 4. The van der Waals surface area contributed by atoms with Gasteiger partial charge in [0.25, 0.3) is 5.91 Å². The van der Waals surface area contributed by atoms with Crippen LogP contribution in [0.5, 0.6) is 0 Å². The van der Waals surface area contributed by atoms with E-state index in [-0.39, 0.29) is 5.91 Å². The number of hydrazine groups is 1. The van der Waals surface area contributed by atoms with E-state index in [1.165, 1.54) is 10.9 Å². The van der Waals surface area contributed by atoms with E-state index >= 15 is 0 Å². The number of nitrogens with two attached hydrogens (primary N) is 1. The minimum absolute atomic E-state index is 0.262. The quantitative estimate of drug-likeness (QED) is 0.589. The van der Waals surface area contributed by atoms with Crippen molar-refractivity contribution >= 4 is 11.6 Å². The summed E-state index contributed by atoms with van der Waals surface area (Å²) in [4.78, 5) is 11.5. The molecule has 1 rings (SSSR count). The number of anilines is 1. The van der Waals surface area contributed by atoms with Crippen LogP contribution in [0.1, 0.15) is 10.5 Å². The maximum absolute atomic E-state index is 11.5. The molecule has 0 spiro atoms. The number of hydrogen-bond donors (Lipinski definition) is 2. The van der Waals surface area contributed by atoms with Crippen LogP contribution in [-0.4, -0.2) is 34.8 Å². The number of carbonyl (C=O) groups is 1. The van der Waals surface area contributed by atoms with E-state index in [2.05, 4.69) is 10.5 Å². The van der Waals surface area contributed by atoms with E-state index in [1.54, 1.807) is 26.2 Å². The Morgan fingerprint density at radius 2 is 2.31 bits per heavy atom. The number of amides is 1. The van der Waals surface area contributed by atoms with Crippen molar-refractivity contribution in [2.45, 2.75) is 0 Å². The summed E-state index contributed by atoms with van der Waals surface area (Å²) in [5, 5.41) is 5.41. The molecular weight excluding hydrogens is 170 g/mol. The molecule has 6 heteroatoms. The SMILES string of the molecule is CN(C)NC(=O)c1c(N)cnn1C. The fraction of sp³-hybridized carbons (Fsp3) is 0.429. The summed E-state index contributed by atoms with van der Waals surface area (Å²) in [6, 6.07) is 0. The summed E-state index contributed by atoms with van der Waals surface area (Å²) in [5.74, 6) is -0.262. The molecule has 0 aliphatic heterocycles. The highest BCUT2D eigenvalue weighted by atomic mass is 16.2. The number of carbonyl (C=O) groups excluding carboxylic acids is 1.